The summed E-state index contributed by atoms with van der Waals surface area (Å²) in [6.45, 7) is 1.32. The molecule has 1 N–H and O–H groups in total. The van der Waals surface area contributed by atoms with Crippen LogP contribution in [-0.4, -0.2) is 28.5 Å². The fraction of sp³-hybridized carbons (Fsp3) is 0.286. The molecule has 1 fully saturated rings. The summed E-state index contributed by atoms with van der Waals surface area (Å²) < 4.78 is 6.71. The topological polar surface area (TPSA) is 105 Å². The van der Waals surface area contributed by atoms with Crippen molar-refractivity contribution in [1.29, 1.82) is 0 Å². The summed E-state index contributed by atoms with van der Waals surface area (Å²) in [7, 11) is 0. The quantitative estimate of drug-likeness (QED) is 0.351. The number of amides is 2. The zero-order chi connectivity index (χ0) is 25.3. The maximum Gasteiger partial charge on any atom is 0.238 e. The van der Waals surface area contributed by atoms with Crippen molar-refractivity contribution in [3.63, 3.8) is 0 Å². The Morgan fingerprint density at radius 2 is 1.78 bits per heavy atom. The van der Waals surface area contributed by atoms with Crippen LogP contribution < -0.4 is 4.90 Å². The molecule has 3 aliphatic carbocycles. The van der Waals surface area contributed by atoms with Gasteiger partial charge in [0.1, 0.15) is 18.1 Å². The molecule has 1 aliphatic heterocycles. The first-order valence-electron chi connectivity index (χ1n) is 11.8. The highest BCUT2D eigenvalue weighted by Gasteiger charge is 2.57. The highest BCUT2D eigenvalue weighted by Crippen LogP contribution is 2.55. The molecule has 2 aromatic rings. The predicted octanol–water partition coefficient (Wildman–Crippen LogP) is 4.17. The maximum atomic E-state index is 13.8. The molecule has 0 bridgehead atoms. The molecule has 8 heteroatoms. The Balaban J connectivity index is 1.47. The van der Waals surface area contributed by atoms with Crippen molar-refractivity contribution in [2.24, 2.45) is 17.8 Å². The van der Waals surface area contributed by atoms with Crippen LogP contribution in [0, 0.1) is 17.8 Å². The lowest BCUT2D eigenvalue weighted by molar-refractivity contribution is -0.123. The molecular weight excluding hydrogens is 526 g/mol. The van der Waals surface area contributed by atoms with Gasteiger partial charge in [-0.3, -0.25) is 24.1 Å². The van der Waals surface area contributed by atoms with Crippen molar-refractivity contribution < 1.29 is 28.7 Å². The number of Topliss-reactive ketones (excluding diaryl/α,β-unsaturated/α-hetero) is 1. The Morgan fingerprint density at radius 3 is 2.47 bits per heavy atom. The number of benzene rings is 1. The SMILES string of the molecule is CC1=CC(=O)C2=C(C1=O)[C@@H](c1ccc(CO)o1)C1=CC[C@@H]3C(=O)N(c4ccc(Br)cc4)C(=O)[C@@H]3[C@@H]1C2. The molecule has 0 spiro atoms. The summed E-state index contributed by atoms with van der Waals surface area (Å²) in [6.07, 6.45) is 3.87. The van der Waals surface area contributed by atoms with E-state index in [1.165, 1.54) is 11.0 Å². The van der Waals surface area contributed by atoms with Gasteiger partial charge in [0.2, 0.25) is 11.8 Å². The molecule has 0 radical (unpaired) electrons. The van der Waals surface area contributed by atoms with Gasteiger partial charge in [-0.1, -0.05) is 27.6 Å². The van der Waals surface area contributed by atoms with E-state index in [2.05, 4.69) is 15.9 Å². The lowest BCUT2D eigenvalue weighted by Crippen LogP contribution is -2.39. The number of hydrogen-bond acceptors (Lipinski definition) is 6. The standard InChI is InChI=1S/C28H22BrNO6/c1-13-10-21(32)20-11-19-17(24(25(20)26(13)33)22-9-6-16(12-31)36-22)7-8-18-23(19)28(35)30(27(18)34)15-4-2-14(29)3-5-15/h2-7,9-10,18-19,23-24,31H,8,11-12H2,1H3/t18-,19+,23-,24+/m0/s1. The zero-order valence-electron chi connectivity index (χ0n) is 19.4. The third-order valence-electron chi connectivity index (χ3n) is 7.77. The number of imide groups is 1. The van der Waals surface area contributed by atoms with Crippen LogP contribution >= 0.6 is 15.9 Å². The van der Waals surface area contributed by atoms with E-state index >= 15 is 0 Å². The van der Waals surface area contributed by atoms with Gasteiger partial charge in [0.15, 0.2) is 11.6 Å². The van der Waals surface area contributed by atoms with Crippen molar-refractivity contribution >= 4 is 45.0 Å². The molecule has 1 aromatic carbocycles. The van der Waals surface area contributed by atoms with Gasteiger partial charge in [-0.2, -0.15) is 0 Å². The smallest absolute Gasteiger partial charge is 0.238 e. The molecule has 36 heavy (non-hydrogen) atoms. The van der Waals surface area contributed by atoms with E-state index in [9.17, 15) is 24.3 Å². The van der Waals surface area contributed by atoms with Gasteiger partial charge in [-0.15, -0.1) is 0 Å². The van der Waals surface area contributed by atoms with Gasteiger partial charge in [0.25, 0.3) is 0 Å². The van der Waals surface area contributed by atoms with E-state index in [1.807, 2.05) is 6.08 Å². The van der Waals surface area contributed by atoms with E-state index in [4.69, 9.17) is 4.42 Å². The molecule has 0 saturated carbocycles. The Morgan fingerprint density at radius 1 is 1.03 bits per heavy atom. The summed E-state index contributed by atoms with van der Waals surface area (Å²) in [5.74, 6) is -2.46. The Labute approximate surface area is 215 Å². The average molecular weight is 548 g/mol. The van der Waals surface area contributed by atoms with Crippen LogP contribution in [0.5, 0.6) is 0 Å². The third-order valence-corrected chi connectivity index (χ3v) is 8.30. The lowest BCUT2D eigenvalue weighted by atomic mass is 9.60. The van der Waals surface area contributed by atoms with Crippen molar-refractivity contribution in [3.05, 3.63) is 86.8 Å². The molecule has 1 saturated heterocycles. The molecule has 2 heterocycles. The number of anilines is 1. The zero-order valence-corrected chi connectivity index (χ0v) is 20.9. The van der Waals surface area contributed by atoms with E-state index < -0.39 is 23.7 Å². The minimum absolute atomic E-state index is 0.216. The third kappa shape index (κ3) is 3.28. The van der Waals surface area contributed by atoms with Crippen molar-refractivity contribution in [3.8, 4) is 0 Å². The number of aliphatic hydroxyl groups excluding tert-OH is 1. The number of nitrogens with zero attached hydrogens (tertiary/aromatic N) is 1. The largest absolute Gasteiger partial charge is 0.463 e. The van der Waals surface area contributed by atoms with Crippen LogP contribution in [0.25, 0.3) is 0 Å². The van der Waals surface area contributed by atoms with E-state index in [1.54, 1.807) is 43.3 Å². The first kappa shape index (κ1) is 23.1. The van der Waals surface area contributed by atoms with Gasteiger partial charge < -0.3 is 9.52 Å². The minimum atomic E-state index is -0.648. The minimum Gasteiger partial charge on any atom is -0.463 e. The second kappa shape index (κ2) is 8.35. The summed E-state index contributed by atoms with van der Waals surface area (Å²) in [5.41, 5.74) is 2.45. The van der Waals surface area contributed by atoms with Crippen LogP contribution in [0.2, 0.25) is 0 Å². The Kier molecular flexibility index (Phi) is 5.35. The number of furan rings is 1. The lowest BCUT2D eigenvalue weighted by Gasteiger charge is -2.41. The maximum absolute atomic E-state index is 13.8. The molecule has 4 aliphatic rings. The van der Waals surface area contributed by atoms with Gasteiger partial charge in [0.05, 0.1) is 23.4 Å². The number of hydrogen-bond donors (Lipinski definition) is 1. The van der Waals surface area contributed by atoms with Crippen molar-refractivity contribution in [1.82, 2.24) is 0 Å². The summed E-state index contributed by atoms with van der Waals surface area (Å²) in [5, 5.41) is 9.55. The van der Waals surface area contributed by atoms with E-state index in [0.717, 1.165) is 10.0 Å². The molecule has 1 aromatic heterocycles. The number of allylic oxidation sites excluding steroid dienone is 6. The molecule has 4 atom stereocenters. The molecule has 182 valence electrons. The van der Waals surface area contributed by atoms with Crippen molar-refractivity contribution in [2.45, 2.75) is 32.3 Å². The molecule has 0 unspecified atom stereocenters. The molecule has 7 nitrogen and oxygen atoms in total. The average Bonchev–Trinajstić information content (AvgIpc) is 3.44. The van der Waals surface area contributed by atoms with Gasteiger partial charge >= 0.3 is 0 Å². The van der Waals surface area contributed by atoms with Crippen LogP contribution in [0.4, 0.5) is 5.69 Å². The number of fused-ring (bicyclic) bond motifs is 3. The first-order valence-corrected chi connectivity index (χ1v) is 12.6. The van der Waals surface area contributed by atoms with E-state index in [0.29, 0.717) is 40.3 Å². The summed E-state index contributed by atoms with van der Waals surface area (Å²) in [4.78, 5) is 54.9. The fourth-order valence-corrected chi connectivity index (χ4v) is 6.43. The second-order valence-corrected chi connectivity index (χ2v) is 10.6. The number of carbonyl (C=O) groups is 4. The van der Waals surface area contributed by atoms with Crippen LogP contribution in [0.3, 0.4) is 0 Å². The van der Waals surface area contributed by atoms with Crippen LogP contribution in [0.1, 0.15) is 37.2 Å². The Bertz CT molecular complexity index is 1440. The molecule has 2 amide bonds. The summed E-state index contributed by atoms with van der Waals surface area (Å²) in [6, 6.07) is 10.4. The number of halogens is 1. The first-order chi connectivity index (χ1) is 17.3. The van der Waals surface area contributed by atoms with Crippen molar-refractivity contribution in [2.75, 3.05) is 4.90 Å². The highest BCUT2D eigenvalue weighted by atomic mass is 79.9. The highest BCUT2D eigenvalue weighted by molar-refractivity contribution is 9.10. The monoisotopic (exact) mass is 547 g/mol. The number of rotatable bonds is 3. The van der Waals surface area contributed by atoms with Crippen LogP contribution in [0.15, 0.2) is 79.7 Å². The summed E-state index contributed by atoms with van der Waals surface area (Å²) >= 11 is 3.38. The predicted molar refractivity (Wildman–Crippen MR) is 133 cm³/mol. The van der Waals surface area contributed by atoms with Gasteiger partial charge in [-0.05, 0) is 68.2 Å². The molecule has 6 rings (SSSR count). The van der Waals surface area contributed by atoms with Crippen LogP contribution in [-0.2, 0) is 25.8 Å². The number of aliphatic hydroxyl groups is 1. The molecular formula is C28H22BrNO6. The fourth-order valence-electron chi connectivity index (χ4n) is 6.17. The second-order valence-electron chi connectivity index (χ2n) is 9.68. The number of ketones is 2. The van der Waals surface area contributed by atoms with Gasteiger partial charge in [0, 0.05) is 21.2 Å². The normalized spacial score (nSPS) is 27.6. The van der Waals surface area contributed by atoms with E-state index in [-0.39, 0.29) is 36.4 Å². The number of carbonyl (C=O) groups excluding carboxylic acids is 4. The van der Waals surface area contributed by atoms with Gasteiger partial charge in [-0.25, -0.2) is 0 Å². The Hall–Kier alpha value is -3.36.